The van der Waals surface area contributed by atoms with Gasteiger partial charge in [-0.3, -0.25) is 0 Å². The molecule has 3 heterocycles. The maximum absolute atomic E-state index is 9.01. The molecule has 1 fully saturated rings. The number of benzene rings is 1. The van der Waals surface area contributed by atoms with Gasteiger partial charge in [0, 0.05) is 55.3 Å². The molecule has 1 aliphatic rings. The molecule has 1 aromatic carbocycles. The number of nitriles is 1. The van der Waals surface area contributed by atoms with Crippen molar-refractivity contribution < 1.29 is 0 Å². The van der Waals surface area contributed by atoms with Gasteiger partial charge in [-0.1, -0.05) is 25.6 Å². The smallest absolute Gasteiger partial charge is 0.139 e. The average Bonchev–Trinajstić information content (AvgIpc) is 3.22. The van der Waals surface area contributed by atoms with Gasteiger partial charge in [0.2, 0.25) is 0 Å². The number of anilines is 1. The van der Waals surface area contributed by atoms with Gasteiger partial charge in [0.25, 0.3) is 0 Å². The number of nitrogens with zero attached hydrogens (tertiary/aromatic N) is 4. The van der Waals surface area contributed by atoms with Crippen molar-refractivity contribution in [3.05, 3.63) is 66.5 Å². The van der Waals surface area contributed by atoms with Crippen molar-refractivity contribution in [2.24, 2.45) is 5.92 Å². The summed E-state index contributed by atoms with van der Waals surface area (Å²) in [5, 5.41) is 10.2. The van der Waals surface area contributed by atoms with E-state index >= 15 is 0 Å². The molecule has 0 saturated carbocycles. The van der Waals surface area contributed by atoms with Crippen molar-refractivity contribution >= 4 is 22.4 Å². The minimum Gasteiger partial charge on any atom is -0.369 e. The molecule has 1 N–H and O–H groups in total. The fourth-order valence-corrected chi connectivity index (χ4v) is 4.15. The van der Waals surface area contributed by atoms with Crippen LogP contribution in [0, 0.1) is 17.2 Å². The van der Waals surface area contributed by atoms with E-state index in [1.807, 2.05) is 36.7 Å². The molecule has 1 aliphatic heterocycles. The number of likely N-dealkylation sites (tertiary alicyclic amines) is 1. The van der Waals surface area contributed by atoms with Crippen molar-refractivity contribution in [3.8, 4) is 6.07 Å². The van der Waals surface area contributed by atoms with E-state index in [-0.39, 0.29) is 0 Å². The number of nitrogens with one attached hydrogen (secondary N) is 1. The van der Waals surface area contributed by atoms with Crippen LogP contribution in [0.1, 0.15) is 24.5 Å². The first kappa shape index (κ1) is 18.1. The molecule has 5 heteroatoms. The summed E-state index contributed by atoms with van der Waals surface area (Å²) in [6.45, 7) is 8.60. The number of aromatic amines is 1. The van der Waals surface area contributed by atoms with Crippen LogP contribution in [-0.2, 0) is 0 Å². The van der Waals surface area contributed by atoms with Gasteiger partial charge in [-0.15, -0.1) is 0 Å². The quantitative estimate of drug-likeness (QED) is 0.745. The second kappa shape index (κ2) is 7.40. The Hall–Kier alpha value is -3.26. The summed E-state index contributed by atoms with van der Waals surface area (Å²) >= 11 is 0. The van der Waals surface area contributed by atoms with Crippen LogP contribution in [0.5, 0.6) is 0 Å². The van der Waals surface area contributed by atoms with E-state index in [2.05, 4.69) is 58.5 Å². The molecule has 0 spiro atoms. The van der Waals surface area contributed by atoms with E-state index in [0.717, 1.165) is 41.8 Å². The molecule has 5 nitrogen and oxygen atoms in total. The SMILES string of the molecule is C=C(c1ccc(C#N)cc1)N1CC[C@@H](C)[C@@H](N(C)c2ccnc3[nH]ccc23)C1. The molecule has 2 atom stereocenters. The highest BCUT2D eigenvalue weighted by molar-refractivity contribution is 5.89. The van der Waals surface area contributed by atoms with E-state index in [1.165, 1.54) is 5.69 Å². The first-order valence-electron chi connectivity index (χ1n) is 9.68. The van der Waals surface area contributed by atoms with Gasteiger partial charge in [-0.05, 0) is 42.2 Å². The molecule has 142 valence electrons. The number of hydrogen-bond acceptors (Lipinski definition) is 4. The Kier molecular flexibility index (Phi) is 4.79. The number of rotatable bonds is 4. The van der Waals surface area contributed by atoms with Gasteiger partial charge >= 0.3 is 0 Å². The van der Waals surface area contributed by atoms with Gasteiger partial charge in [0.05, 0.1) is 11.6 Å². The van der Waals surface area contributed by atoms with E-state index in [1.54, 1.807) is 0 Å². The number of aromatic nitrogens is 2. The molecular formula is C23H25N5. The van der Waals surface area contributed by atoms with Crippen molar-refractivity contribution in [2.75, 3.05) is 25.0 Å². The Balaban J connectivity index is 1.57. The summed E-state index contributed by atoms with van der Waals surface area (Å²) in [7, 11) is 2.18. The fraction of sp³-hybridized carbons (Fsp3) is 0.304. The molecule has 1 saturated heterocycles. The van der Waals surface area contributed by atoms with Gasteiger partial charge in [0.15, 0.2) is 0 Å². The first-order valence-corrected chi connectivity index (χ1v) is 9.68. The van der Waals surface area contributed by atoms with Crippen molar-refractivity contribution in [3.63, 3.8) is 0 Å². The lowest BCUT2D eigenvalue weighted by Gasteiger charge is -2.44. The van der Waals surface area contributed by atoms with Crippen LogP contribution < -0.4 is 4.90 Å². The van der Waals surface area contributed by atoms with Crippen LogP contribution in [0.15, 0.2) is 55.4 Å². The molecular weight excluding hydrogens is 346 g/mol. The van der Waals surface area contributed by atoms with Crippen molar-refractivity contribution in [1.29, 1.82) is 5.26 Å². The maximum Gasteiger partial charge on any atom is 0.139 e. The topological polar surface area (TPSA) is 59.0 Å². The zero-order valence-corrected chi connectivity index (χ0v) is 16.4. The Bertz CT molecular complexity index is 1030. The highest BCUT2D eigenvalue weighted by atomic mass is 15.2. The van der Waals surface area contributed by atoms with Gasteiger partial charge in [-0.2, -0.15) is 5.26 Å². The summed E-state index contributed by atoms with van der Waals surface area (Å²) in [6, 6.07) is 14.4. The third-order valence-corrected chi connectivity index (χ3v) is 5.96. The zero-order valence-electron chi connectivity index (χ0n) is 16.4. The highest BCUT2D eigenvalue weighted by Gasteiger charge is 2.31. The average molecular weight is 371 g/mol. The van der Waals surface area contributed by atoms with Crippen LogP contribution >= 0.6 is 0 Å². The molecule has 0 radical (unpaired) electrons. The third kappa shape index (κ3) is 3.22. The molecule has 4 rings (SSSR count). The number of piperidine rings is 1. The predicted octanol–water partition coefficient (Wildman–Crippen LogP) is 4.25. The van der Waals surface area contributed by atoms with Gasteiger partial charge < -0.3 is 14.8 Å². The number of pyridine rings is 1. The number of H-pyrrole nitrogens is 1. The van der Waals surface area contributed by atoms with E-state index in [9.17, 15) is 0 Å². The summed E-state index contributed by atoms with van der Waals surface area (Å²) < 4.78 is 0. The van der Waals surface area contributed by atoms with Gasteiger partial charge in [-0.25, -0.2) is 4.98 Å². The van der Waals surface area contributed by atoms with Crippen LogP contribution in [-0.4, -0.2) is 41.0 Å². The van der Waals surface area contributed by atoms with Crippen LogP contribution in [0.25, 0.3) is 16.7 Å². The summed E-state index contributed by atoms with van der Waals surface area (Å²) in [5.41, 5.74) is 4.90. The summed E-state index contributed by atoms with van der Waals surface area (Å²) in [4.78, 5) is 12.4. The minimum absolute atomic E-state index is 0.379. The highest BCUT2D eigenvalue weighted by Crippen LogP contribution is 2.32. The Morgan fingerprint density at radius 1 is 1.29 bits per heavy atom. The Labute approximate surface area is 165 Å². The lowest BCUT2D eigenvalue weighted by molar-refractivity contribution is 0.230. The molecule has 28 heavy (non-hydrogen) atoms. The van der Waals surface area contributed by atoms with Gasteiger partial charge in [0.1, 0.15) is 5.65 Å². The van der Waals surface area contributed by atoms with Crippen molar-refractivity contribution in [2.45, 2.75) is 19.4 Å². The lowest BCUT2D eigenvalue weighted by atomic mass is 9.91. The molecule has 0 bridgehead atoms. The first-order chi connectivity index (χ1) is 13.6. The monoisotopic (exact) mass is 371 g/mol. The largest absolute Gasteiger partial charge is 0.369 e. The zero-order chi connectivity index (χ0) is 19.7. The molecule has 3 aromatic rings. The standard InChI is InChI=1S/C23H25N5/c1-16-10-13-28(17(2)19-6-4-18(14-24)5-7-19)15-22(16)27(3)21-9-12-26-23-20(21)8-11-25-23/h4-9,11-12,16,22H,2,10,13,15H2,1,3H3,(H,25,26)/t16-,22+/m1/s1. The molecule has 0 unspecified atom stereocenters. The summed E-state index contributed by atoms with van der Waals surface area (Å²) in [5.74, 6) is 0.581. The second-order valence-corrected chi connectivity index (χ2v) is 7.60. The third-order valence-electron chi connectivity index (χ3n) is 5.96. The molecule has 0 aliphatic carbocycles. The fourth-order valence-electron chi connectivity index (χ4n) is 4.15. The number of likely N-dealkylation sites (N-methyl/N-ethyl adjacent to an activating group) is 1. The predicted molar refractivity (Wildman–Crippen MR) is 114 cm³/mol. The Morgan fingerprint density at radius 2 is 2.07 bits per heavy atom. The minimum atomic E-state index is 0.379. The Morgan fingerprint density at radius 3 is 2.82 bits per heavy atom. The number of hydrogen-bond donors (Lipinski definition) is 1. The molecule has 0 amide bonds. The van der Waals surface area contributed by atoms with Crippen molar-refractivity contribution in [1.82, 2.24) is 14.9 Å². The number of fused-ring (bicyclic) bond motifs is 1. The van der Waals surface area contributed by atoms with Crippen LogP contribution in [0.3, 0.4) is 0 Å². The molecule has 2 aromatic heterocycles. The normalized spacial score (nSPS) is 19.4. The summed E-state index contributed by atoms with van der Waals surface area (Å²) in [6.07, 6.45) is 4.93. The van der Waals surface area contributed by atoms with Crippen LogP contribution in [0.4, 0.5) is 5.69 Å². The maximum atomic E-state index is 9.01. The lowest BCUT2D eigenvalue weighted by Crippen LogP contribution is -2.50. The second-order valence-electron chi connectivity index (χ2n) is 7.60. The van der Waals surface area contributed by atoms with E-state index < -0.39 is 0 Å². The van der Waals surface area contributed by atoms with E-state index in [4.69, 9.17) is 5.26 Å². The van der Waals surface area contributed by atoms with Crippen LogP contribution in [0.2, 0.25) is 0 Å². The van der Waals surface area contributed by atoms with E-state index in [0.29, 0.717) is 17.5 Å².